The third-order valence-electron chi connectivity index (χ3n) is 5.01. The van der Waals surface area contributed by atoms with Crippen LogP contribution >= 0.6 is 0 Å². The summed E-state index contributed by atoms with van der Waals surface area (Å²) < 4.78 is 18.5. The molecule has 0 radical (unpaired) electrons. The zero-order valence-corrected chi connectivity index (χ0v) is 15.1. The second-order valence-electron chi connectivity index (χ2n) is 6.93. The van der Waals surface area contributed by atoms with E-state index in [1.165, 1.54) is 35.2 Å². The first-order valence-corrected chi connectivity index (χ1v) is 9.17. The predicted octanol–water partition coefficient (Wildman–Crippen LogP) is 2.53. The van der Waals surface area contributed by atoms with Gasteiger partial charge < -0.3 is 10.1 Å². The van der Waals surface area contributed by atoms with Crippen molar-refractivity contribution in [3.05, 3.63) is 70.5 Å². The molecule has 2 heterocycles. The number of ether oxygens (including phenoxy) is 1. The highest BCUT2D eigenvalue weighted by Gasteiger charge is 2.37. The Kier molecular flexibility index (Phi) is 4.92. The first-order chi connectivity index (χ1) is 13.5. The lowest BCUT2D eigenvalue weighted by atomic mass is 10.1. The van der Waals surface area contributed by atoms with Gasteiger partial charge in [0.05, 0.1) is 23.8 Å². The fourth-order valence-corrected chi connectivity index (χ4v) is 3.48. The molecule has 1 fully saturated rings. The zero-order valence-electron chi connectivity index (χ0n) is 15.1. The van der Waals surface area contributed by atoms with Crippen LogP contribution in [0.4, 0.5) is 4.39 Å². The van der Waals surface area contributed by atoms with Crippen molar-refractivity contribution in [3.8, 4) is 0 Å². The second-order valence-corrected chi connectivity index (χ2v) is 6.93. The predicted molar refractivity (Wildman–Crippen MR) is 98.4 cm³/mol. The van der Waals surface area contributed by atoms with E-state index in [1.54, 1.807) is 12.1 Å². The minimum absolute atomic E-state index is 0.124. The van der Waals surface area contributed by atoms with E-state index in [2.05, 4.69) is 5.32 Å². The van der Waals surface area contributed by atoms with Crippen molar-refractivity contribution in [3.63, 3.8) is 0 Å². The van der Waals surface area contributed by atoms with Gasteiger partial charge in [-0.1, -0.05) is 12.1 Å². The molecule has 6 nitrogen and oxygen atoms in total. The lowest BCUT2D eigenvalue weighted by Gasteiger charge is -2.17. The molecule has 4 rings (SSSR count). The minimum atomic E-state index is -0.399. The average molecular weight is 382 g/mol. The number of carbonyl (C=O) groups excluding carboxylic acids is 3. The van der Waals surface area contributed by atoms with Crippen LogP contribution in [0.2, 0.25) is 0 Å². The van der Waals surface area contributed by atoms with E-state index in [9.17, 15) is 18.8 Å². The summed E-state index contributed by atoms with van der Waals surface area (Å²) in [6, 6.07) is 10.3. The zero-order chi connectivity index (χ0) is 19.7. The van der Waals surface area contributed by atoms with Crippen LogP contribution in [-0.4, -0.2) is 41.9 Å². The number of carbonyl (C=O) groups is 3. The highest BCUT2D eigenvalue weighted by Crippen LogP contribution is 2.26. The molecule has 1 N–H and O–H groups in total. The van der Waals surface area contributed by atoms with Gasteiger partial charge in [0.2, 0.25) is 0 Å². The van der Waals surface area contributed by atoms with Crippen LogP contribution in [-0.2, 0) is 11.3 Å². The molecule has 0 unspecified atom stereocenters. The summed E-state index contributed by atoms with van der Waals surface area (Å²) in [5.74, 6) is -1.47. The highest BCUT2D eigenvalue weighted by molar-refractivity contribution is 6.22. The molecule has 2 aromatic carbocycles. The van der Waals surface area contributed by atoms with Crippen molar-refractivity contribution in [2.45, 2.75) is 25.5 Å². The van der Waals surface area contributed by atoms with E-state index in [0.29, 0.717) is 17.7 Å². The number of hydrogen-bond acceptors (Lipinski definition) is 4. The molecule has 0 bridgehead atoms. The van der Waals surface area contributed by atoms with Crippen molar-refractivity contribution >= 4 is 17.7 Å². The molecule has 144 valence electrons. The number of rotatable bonds is 5. The molecule has 28 heavy (non-hydrogen) atoms. The topological polar surface area (TPSA) is 75.7 Å². The number of hydrogen-bond donors (Lipinski definition) is 1. The lowest BCUT2D eigenvalue weighted by Crippen LogP contribution is -2.36. The van der Waals surface area contributed by atoms with E-state index >= 15 is 0 Å². The highest BCUT2D eigenvalue weighted by atomic mass is 19.1. The van der Waals surface area contributed by atoms with Gasteiger partial charge >= 0.3 is 0 Å². The van der Waals surface area contributed by atoms with Crippen molar-refractivity contribution in [2.24, 2.45) is 0 Å². The van der Waals surface area contributed by atoms with E-state index in [0.717, 1.165) is 18.4 Å². The standard InChI is InChI=1S/C21H19FN2O4/c22-15-6-3-13(4-7-15)11-23-19(25)14-5-8-17-18(10-14)21(27)24(20(17)26)12-16-2-1-9-28-16/h3-8,10,16H,1-2,9,11-12H2,(H,23,25)/t16-/m0/s1. The van der Waals surface area contributed by atoms with Gasteiger partial charge in [0, 0.05) is 18.7 Å². The molecule has 0 spiro atoms. The van der Waals surface area contributed by atoms with Crippen LogP contribution in [0.25, 0.3) is 0 Å². The summed E-state index contributed by atoms with van der Waals surface area (Å²) in [6.45, 7) is 1.11. The monoisotopic (exact) mass is 382 g/mol. The van der Waals surface area contributed by atoms with E-state index in [1.807, 2.05) is 0 Å². The lowest BCUT2D eigenvalue weighted by molar-refractivity contribution is 0.0475. The molecule has 2 aliphatic heterocycles. The van der Waals surface area contributed by atoms with Crippen molar-refractivity contribution in [2.75, 3.05) is 13.2 Å². The fraction of sp³-hybridized carbons (Fsp3) is 0.286. The molecular weight excluding hydrogens is 363 g/mol. The van der Waals surface area contributed by atoms with Crippen LogP contribution in [0.5, 0.6) is 0 Å². The minimum Gasteiger partial charge on any atom is -0.376 e. The van der Waals surface area contributed by atoms with Crippen LogP contribution < -0.4 is 5.32 Å². The number of nitrogens with one attached hydrogen (secondary N) is 1. The van der Waals surface area contributed by atoms with Gasteiger partial charge in [-0.2, -0.15) is 0 Å². The van der Waals surface area contributed by atoms with Crippen LogP contribution in [0, 0.1) is 5.82 Å². The fourth-order valence-electron chi connectivity index (χ4n) is 3.48. The number of halogens is 1. The molecule has 0 saturated carbocycles. The molecule has 3 amide bonds. The molecule has 0 aliphatic carbocycles. The SMILES string of the molecule is O=C(NCc1ccc(F)cc1)c1ccc2c(c1)C(=O)N(C[C@@H]1CCCO1)C2=O. The third-order valence-corrected chi connectivity index (χ3v) is 5.01. The Morgan fingerprint density at radius 1 is 1.11 bits per heavy atom. The van der Waals surface area contributed by atoms with Gasteiger partial charge in [0.1, 0.15) is 5.82 Å². The van der Waals surface area contributed by atoms with Crippen LogP contribution in [0.1, 0.15) is 49.5 Å². The van der Waals surface area contributed by atoms with Gasteiger partial charge in [-0.05, 0) is 48.7 Å². The van der Waals surface area contributed by atoms with Crippen molar-refractivity contribution in [1.82, 2.24) is 10.2 Å². The largest absolute Gasteiger partial charge is 0.376 e. The first-order valence-electron chi connectivity index (χ1n) is 9.17. The molecule has 1 saturated heterocycles. The Morgan fingerprint density at radius 2 is 1.86 bits per heavy atom. The summed E-state index contributed by atoms with van der Waals surface area (Å²) >= 11 is 0. The number of fused-ring (bicyclic) bond motifs is 1. The summed E-state index contributed by atoms with van der Waals surface area (Å²) in [7, 11) is 0. The third kappa shape index (κ3) is 3.53. The summed E-state index contributed by atoms with van der Waals surface area (Å²) in [5.41, 5.74) is 1.58. The van der Waals surface area contributed by atoms with E-state index < -0.39 is 5.91 Å². The first kappa shape index (κ1) is 18.3. The molecule has 7 heteroatoms. The number of benzene rings is 2. The Balaban J connectivity index is 1.46. The Labute approximate surface area is 161 Å². The van der Waals surface area contributed by atoms with Crippen molar-refractivity contribution < 1.29 is 23.5 Å². The Hall–Kier alpha value is -3.06. The quantitative estimate of drug-likeness (QED) is 0.807. The summed E-state index contributed by atoms with van der Waals surface area (Å²) in [5, 5.41) is 2.73. The molecule has 0 aromatic heterocycles. The number of imide groups is 1. The Morgan fingerprint density at radius 3 is 2.57 bits per heavy atom. The van der Waals surface area contributed by atoms with Gasteiger partial charge in [-0.25, -0.2) is 4.39 Å². The van der Waals surface area contributed by atoms with Crippen LogP contribution in [0.15, 0.2) is 42.5 Å². The van der Waals surface area contributed by atoms with Crippen molar-refractivity contribution in [1.29, 1.82) is 0 Å². The number of amides is 3. The van der Waals surface area contributed by atoms with E-state index in [-0.39, 0.29) is 42.4 Å². The molecule has 1 atom stereocenters. The number of nitrogens with zero attached hydrogens (tertiary/aromatic N) is 1. The summed E-state index contributed by atoms with van der Waals surface area (Å²) in [4.78, 5) is 38.8. The van der Waals surface area contributed by atoms with Gasteiger partial charge in [0.15, 0.2) is 0 Å². The molecular formula is C21H19FN2O4. The van der Waals surface area contributed by atoms with Gasteiger partial charge in [-0.3, -0.25) is 19.3 Å². The van der Waals surface area contributed by atoms with Gasteiger partial charge in [-0.15, -0.1) is 0 Å². The maximum atomic E-state index is 12.9. The van der Waals surface area contributed by atoms with E-state index in [4.69, 9.17) is 4.74 Å². The van der Waals surface area contributed by atoms with Gasteiger partial charge in [0.25, 0.3) is 17.7 Å². The second kappa shape index (κ2) is 7.52. The smallest absolute Gasteiger partial charge is 0.261 e. The maximum absolute atomic E-state index is 12.9. The average Bonchev–Trinajstić information content (AvgIpc) is 3.30. The van der Waals surface area contributed by atoms with Crippen LogP contribution in [0.3, 0.4) is 0 Å². The normalized spacial score (nSPS) is 18.5. The Bertz CT molecular complexity index is 936. The molecule has 2 aromatic rings. The molecule has 2 aliphatic rings. The maximum Gasteiger partial charge on any atom is 0.261 e. The summed E-state index contributed by atoms with van der Waals surface area (Å²) in [6.07, 6.45) is 1.62.